The first-order valence-corrected chi connectivity index (χ1v) is 4.47. The summed E-state index contributed by atoms with van der Waals surface area (Å²) in [4.78, 5) is 10.1. The SMILES string of the molecule is NS(=O)[O-].O=C(O)C1CCCN1. The summed E-state index contributed by atoms with van der Waals surface area (Å²) in [6.07, 6.45) is 1.78. The monoisotopic (exact) mass is 195 g/mol. The van der Waals surface area contributed by atoms with Gasteiger partial charge >= 0.3 is 5.97 Å². The molecule has 1 saturated heterocycles. The summed E-state index contributed by atoms with van der Waals surface area (Å²) in [6, 6.07) is -0.269. The van der Waals surface area contributed by atoms with E-state index in [1.165, 1.54) is 0 Å². The van der Waals surface area contributed by atoms with Crippen molar-refractivity contribution >= 4 is 17.2 Å². The maximum absolute atomic E-state index is 10.1. The van der Waals surface area contributed by atoms with Crippen LogP contribution in [-0.4, -0.2) is 32.4 Å². The Hall–Kier alpha value is -0.500. The van der Waals surface area contributed by atoms with Crippen molar-refractivity contribution in [2.24, 2.45) is 5.14 Å². The molecule has 6 nitrogen and oxygen atoms in total. The molecule has 0 saturated carbocycles. The zero-order valence-electron chi connectivity index (χ0n) is 6.36. The summed E-state index contributed by atoms with van der Waals surface area (Å²) >= 11 is -2.36. The number of rotatable bonds is 1. The number of nitrogens with one attached hydrogen (secondary N) is 1. The van der Waals surface area contributed by atoms with Gasteiger partial charge in [-0.25, -0.2) is 0 Å². The Morgan fingerprint density at radius 3 is 2.42 bits per heavy atom. The average Bonchev–Trinajstić information content (AvgIpc) is 2.34. The average molecular weight is 195 g/mol. The standard InChI is InChI=1S/C5H9NO2.H3NO2S/c7-5(8)4-2-1-3-6-4;1-4(2)3/h4,6H,1-3H2,(H,7,8);1H2,(H,2,3)/p-1. The number of carboxylic acids is 1. The topological polar surface area (TPSA) is 115 Å². The Bertz CT molecular complexity index is 165. The Kier molecular flexibility index (Phi) is 5.81. The van der Waals surface area contributed by atoms with Crippen molar-refractivity contribution in [3.8, 4) is 0 Å². The van der Waals surface area contributed by atoms with E-state index in [4.69, 9.17) is 13.9 Å². The van der Waals surface area contributed by atoms with Crippen LogP contribution in [0.3, 0.4) is 0 Å². The smallest absolute Gasteiger partial charge is 0.320 e. The van der Waals surface area contributed by atoms with Gasteiger partial charge in [-0.15, -0.1) is 0 Å². The molecule has 1 aliphatic rings. The minimum atomic E-state index is -2.36. The lowest BCUT2D eigenvalue weighted by Gasteiger charge is -1.99. The van der Waals surface area contributed by atoms with Crippen LogP contribution in [0, 0.1) is 0 Å². The van der Waals surface area contributed by atoms with Crippen molar-refractivity contribution in [2.45, 2.75) is 18.9 Å². The van der Waals surface area contributed by atoms with Crippen LogP contribution in [0.2, 0.25) is 0 Å². The molecule has 12 heavy (non-hydrogen) atoms. The normalized spacial score (nSPS) is 24.0. The molecule has 1 heterocycles. The maximum atomic E-state index is 10.1. The third kappa shape index (κ3) is 6.23. The highest BCUT2D eigenvalue weighted by atomic mass is 32.2. The number of hydrogen-bond acceptors (Lipinski definition) is 4. The lowest BCUT2D eigenvalue weighted by atomic mass is 10.2. The lowest BCUT2D eigenvalue weighted by Crippen LogP contribution is -2.29. The van der Waals surface area contributed by atoms with Gasteiger partial charge in [-0.1, -0.05) is 0 Å². The molecule has 1 fully saturated rings. The van der Waals surface area contributed by atoms with Crippen LogP contribution < -0.4 is 10.5 Å². The van der Waals surface area contributed by atoms with Gasteiger partial charge in [-0.3, -0.25) is 14.1 Å². The molecule has 72 valence electrons. The largest absolute Gasteiger partial charge is 0.760 e. The first-order chi connectivity index (χ1) is 5.54. The molecule has 0 bridgehead atoms. The lowest BCUT2D eigenvalue weighted by molar-refractivity contribution is -0.139. The molecule has 4 N–H and O–H groups in total. The maximum Gasteiger partial charge on any atom is 0.320 e. The van der Waals surface area contributed by atoms with Crippen LogP contribution in [0.15, 0.2) is 0 Å². The fraction of sp³-hybridized carbons (Fsp3) is 0.800. The van der Waals surface area contributed by atoms with Gasteiger partial charge < -0.3 is 15.0 Å². The number of hydrogen-bond donors (Lipinski definition) is 3. The van der Waals surface area contributed by atoms with E-state index in [0.717, 1.165) is 19.4 Å². The summed E-state index contributed by atoms with van der Waals surface area (Å²) in [5.41, 5.74) is 0. The second kappa shape index (κ2) is 6.06. The molecule has 0 spiro atoms. The first kappa shape index (κ1) is 11.5. The molecular weight excluding hydrogens is 184 g/mol. The third-order valence-corrected chi connectivity index (χ3v) is 1.36. The predicted molar refractivity (Wildman–Crippen MR) is 41.8 cm³/mol. The van der Waals surface area contributed by atoms with Crippen LogP contribution >= 0.6 is 0 Å². The molecule has 1 rings (SSSR count). The fourth-order valence-electron chi connectivity index (χ4n) is 0.895. The van der Waals surface area contributed by atoms with Crippen molar-refractivity contribution in [3.63, 3.8) is 0 Å². The quantitative estimate of drug-likeness (QED) is 0.443. The third-order valence-electron chi connectivity index (χ3n) is 1.36. The van der Waals surface area contributed by atoms with E-state index in [9.17, 15) is 4.79 Å². The molecule has 1 aliphatic heterocycles. The van der Waals surface area contributed by atoms with Crippen LogP contribution in [-0.2, 0) is 16.1 Å². The predicted octanol–water partition coefficient (Wildman–Crippen LogP) is -1.44. The molecule has 0 aliphatic carbocycles. The van der Waals surface area contributed by atoms with Gasteiger partial charge in [0.15, 0.2) is 0 Å². The van der Waals surface area contributed by atoms with Crippen molar-refractivity contribution in [2.75, 3.05) is 6.54 Å². The van der Waals surface area contributed by atoms with E-state index in [2.05, 4.69) is 10.5 Å². The van der Waals surface area contributed by atoms with Crippen LogP contribution in [0.1, 0.15) is 12.8 Å². The van der Waals surface area contributed by atoms with Gasteiger partial charge in [0, 0.05) is 11.3 Å². The number of aliphatic carboxylic acids is 1. The molecule has 0 aromatic rings. The zero-order valence-corrected chi connectivity index (χ0v) is 7.17. The van der Waals surface area contributed by atoms with Gasteiger partial charge in [0.2, 0.25) is 0 Å². The van der Waals surface area contributed by atoms with Crippen LogP contribution in [0.25, 0.3) is 0 Å². The van der Waals surface area contributed by atoms with Crippen molar-refractivity contribution in [3.05, 3.63) is 0 Å². The second-order valence-corrected chi connectivity index (χ2v) is 2.77. The fourth-order valence-corrected chi connectivity index (χ4v) is 0.895. The van der Waals surface area contributed by atoms with Gasteiger partial charge in [0.25, 0.3) is 0 Å². The Morgan fingerprint density at radius 2 is 2.25 bits per heavy atom. The van der Waals surface area contributed by atoms with Gasteiger partial charge in [0.05, 0.1) is 0 Å². The highest BCUT2D eigenvalue weighted by Crippen LogP contribution is 2.03. The van der Waals surface area contributed by atoms with Crippen molar-refractivity contribution < 1.29 is 18.7 Å². The number of nitrogens with two attached hydrogens (primary N) is 1. The molecule has 0 radical (unpaired) electrons. The van der Waals surface area contributed by atoms with E-state index >= 15 is 0 Å². The minimum Gasteiger partial charge on any atom is -0.760 e. The Labute approximate surface area is 72.6 Å². The van der Waals surface area contributed by atoms with Crippen molar-refractivity contribution in [1.82, 2.24) is 5.32 Å². The summed E-state index contributed by atoms with van der Waals surface area (Å²) < 4.78 is 17.6. The molecule has 0 amide bonds. The van der Waals surface area contributed by atoms with E-state index in [1.54, 1.807) is 0 Å². The van der Waals surface area contributed by atoms with Gasteiger partial charge in [-0.2, -0.15) is 0 Å². The highest BCUT2D eigenvalue weighted by Gasteiger charge is 2.20. The summed E-state index contributed by atoms with van der Waals surface area (Å²) in [6.45, 7) is 0.858. The van der Waals surface area contributed by atoms with E-state index in [0.29, 0.717) is 0 Å². The molecule has 2 atom stereocenters. The Balaban J connectivity index is 0.000000261. The van der Waals surface area contributed by atoms with E-state index in [-0.39, 0.29) is 6.04 Å². The van der Waals surface area contributed by atoms with E-state index in [1.807, 2.05) is 0 Å². The van der Waals surface area contributed by atoms with E-state index < -0.39 is 17.2 Å². The second-order valence-electron chi connectivity index (χ2n) is 2.25. The van der Waals surface area contributed by atoms with Crippen LogP contribution in [0.4, 0.5) is 0 Å². The van der Waals surface area contributed by atoms with Crippen LogP contribution in [0.5, 0.6) is 0 Å². The Morgan fingerprint density at radius 1 is 1.75 bits per heavy atom. The summed E-state index contributed by atoms with van der Waals surface area (Å²) in [5, 5.41) is 15.2. The number of carboxylic acid groups (broad SMARTS) is 1. The molecule has 0 aromatic carbocycles. The molecule has 0 aromatic heterocycles. The molecule has 7 heteroatoms. The zero-order chi connectivity index (χ0) is 9.56. The first-order valence-electron chi connectivity index (χ1n) is 3.34. The van der Waals surface area contributed by atoms with Gasteiger partial charge in [0.1, 0.15) is 6.04 Å². The highest BCUT2D eigenvalue weighted by molar-refractivity contribution is 7.76. The summed E-state index contributed by atoms with van der Waals surface area (Å²) in [5.74, 6) is -0.720. The summed E-state index contributed by atoms with van der Waals surface area (Å²) in [7, 11) is 0. The molecule has 2 unspecified atom stereocenters. The van der Waals surface area contributed by atoms with Gasteiger partial charge in [-0.05, 0) is 19.4 Å². The number of carbonyl (C=O) groups is 1. The minimum absolute atomic E-state index is 0.269. The molecular formula is C5H11N2O4S-. The van der Waals surface area contributed by atoms with Crippen molar-refractivity contribution in [1.29, 1.82) is 0 Å².